The second-order valence-corrected chi connectivity index (χ2v) is 6.96. The van der Waals surface area contributed by atoms with Crippen molar-refractivity contribution in [2.45, 2.75) is 25.3 Å². The fraction of sp³-hybridized carbons (Fsp3) is 0.304. The second kappa shape index (κ2) is 9.20. The number of fused-ring (bicyclic) bond motifs is 1. The van der Waals surface area contributed by atoms with E-state index in [0.717, 1.165) is 18.5 Å². The molecule has 3 rings (SSSR count). The van der Waals surface area contributed by atoms with E-state index in [0.29, 0.717) is 6.54 Å². The molecule has 2 N–H and O–H groups in total. The van der Waals surface area contributed by atoms with Gasteiger partial charge in [0.25, 0.3) is 0 Å². The summed E-state index contributed by atoms with van der Waals surface area (Å²) < 4.78 is 0. The number of benzene rings is 2. The Morgan fingerprint density at radius 3 is 2.54 bits per heavy atom. The first kappa shape index (κ1) is 19.7. The van der Waals surface area contributed by atoms with Crippen molar-refractivity contribution in [1.82, 2.24) is 4.90 Å². The first-order chi connectivity index (χ1) is 13.6. The Hall–Kier alpha value is -3.10. The number of rotatable bonds is 8. The minimum atomic E-state index is -0.432. The number of hydrogen-bond donors (Lipinski definition) is 1. The van der Waals surface area contributed by atoms with Gasteiger partial charge in [0, 0.05) is 24.7 Å². The number of nitrogens with zero attached hydrogens (tertiary/aromatic N) is 2. The normalized spacial score (nSPS) is 15.1. The number of carbonyl (C=O) groups excluding carboxylic acids is 2. The van der Waals surface area contributed by atoms with Gasteiger partial charge in [-0.05, 0) is 36.1 Å². The van der Waals surface area contributed by atoms with E-state index < -0.39 is 5.91 Å². The average Bonchev–Trinajstić information content (AvgIpc) is 3.12. The molecule has 2 aromatic rings. The zero-order valence-corrected chi connectivity index (χ0v) is 15.9. The van der Waals surface area contributed by atoms with Gasteiger partial charge in [-0.15, -0.1) is 6.42 Å². The summed E-state index contributed by atoms with van der Waals surface area (Å²) in [4.78, 5) is 28.1. The molecule has 0 heterocycles. The zero-order valence-electron chi connectivity index (χ0n) is 15.9. The summed E-state index contributed by atoms with van der Waals surface area (Å²) in [7, 11) is 0. The van der Waals surface area contributed by atoms with Gasteiger partial charge in [-0.3, -0.25) is 14.5 Å². The smallest absolute Gasteiger partial charge is 0.241 e. The van der Waals surface area contributed by atoms with Gasteiger partial charge in [0.2, 0.25) is 11.8 Å². The van der Waals surface area contributed by atoms with Crippen molar-refractivity contribution in [1.29, 1.82) is 0 Å². The van der Waals surface area contributed by atoms with Crippen molar-refractivity contribution in [2.24, 2.45) is 5.73 Å². The number of hydrogen-bond acceptors (Lipinski definition) is 3. The molecule has 0 aliphatic heterocycles. The number of amides is 2. The summed E-state index contributed by atoms with van der Waals surface area (Å²) in [6.45, 7) is 0.837. The molecule has 0 aromatic heterocycles. The highest BCUT2D eigenvalue weighted by molar-refractivity contribution is 5.95. The van der Waals surface area contributed by atoms with Crippen LogP contribution in [0.5, 0.6) is 0 Å². The SMILES string of the molecule is C#CCN(CC(=O)N(CCC(N)=O)c1ccccc1)C1CCc2ccccc21. The van der Waals surface area contributed by atoms with Gasteiger partial charge in [0.05, 0.1) is 13.1 Å². The molecule has 1 aliphatic rings. The quantitative estimate of drug-likeness (QED) is 0.721. The van der Waals surface area contributed by atoms with Crippen LogP contribution in [0, 0.1) is 12.3 Å². The van der Waals surface area contributed by atoms with Gasteiger partial charge in [-0.25, -0.2) is 0 Å². The highest BCUT2D eigenvalue weighted by atomic mass is 16.2. The maximum Gasteiger partial charge on any atom is 0.241 e. The van der Waals surface area contributed by atoms with Gasteiger partial charge in [0.15, 0.2) is 0 Å². The summed E-state index contributed by atoms with van der Waals surface area (Å²) in [5.74, 6) is 2.17. The zero-order chi connectivity index (χ0) is 19.9. The lowest BCUT2D eigenvalue weighted by Crippen LogP contribution is -2.43. The number of aryl methyl sites for hydroxylation is 1. The first-order valence-corrected chi connectivity index (χ1v) is 9.49. The third kappa shape index (κ3) is 4.59. The molecule has 5 nitrogen and oxygen atoms in total. The molecule has 1 atom stereocenters. The van der Waals surface area contributed by atoms with E-state index in [-0.39, 0.29) is 31.5 Å². The summed E-state index contributed by atoms with van der Waals surface area (Å²) in [6.07, 6.45) is 7.65. The molecule has 28 heavy (non-hydrogen) atoms. The van der Waals surface area contributed by atoms with Crippen LogP contribution in [0.1, 0.15) is 30.0 Å². The van der Waals surface area contributed by atoms with Crippen LogP contribution in [0.15, 0.2) is 54.6 Å². The number of anilines is 1. The molecule has 0 radical (unpaired) electrons. The standard InChI is InChI=1S/C23H25N3O2/c1-2-15-25(21-13-12-18-8-6-7-11-20(18)21)17-23(28)26(16-14-22(24)27)19-9-4-3-5-10-19/h1,3-11,21H,12-17H2,(H2,24,27). The molecule has 1 aliphatic carbocycles. The van der Waals surface area contributed by atoms with Crippen molar-refractivity contribution >= 4 is 17.5 Å². The van der Waals surface area contributed by atoms with Gasteiger partial charge in [0.1, 0.15) is 0 Å². The molecule has 2 aromatic carbocycles. The molecule has 0 fully saturated rings. The first-order valence-electron chi connectivity index (χ1n) is 9.49. The number of terminal acetylenes is 1. The van der Waals surface area contributed by atoms with Crippen LogP contribution in [0.4, 0.5) is 5.69 Å². The Labute approximate surface area is 166 Å². The van der Waals surface area contributed by atoms with Gasteiger partial charge in [-0.2, -0.15) is 0 Å². The maximum absolute atomic E-state index is 13.2. The number of nitrogens with two attached hydrogens (primary N) is 1. The van der Waals surface area contributed by atoms with Gasteiger partial charge < -0.3 is 10.6 Å². The van der Waals surface area contributed by atoms with Crippen LogP contribution >= 0.6 is 0 Å². The van der Waals surface area contributed by atoms with Crippen LogP contribution in [0.25, 0.3) is 0 Å². The van der Waals surface area contributed by atoms with E-state index in [1.807, 2.05) is 47.4 Å². The molecule has 144 valence electrons. The third-order valence-corrected chi connectivity index (χ3v) is 5.13. The van der Waals surface area contributed by atoms with E-state index in [2.05, 4.69) is 18.1 Å². The van der Waals surface area contributed by atoms with Crippen LogP contribution < -0.4 is 10.6 Å². The maximum atomic E-state index is 13.2. The van der Waals surface area contributed by atoms with Crippen molar-refractivity contribution in [3.63, 3.8) is 0 Å². The van der Waals surface area contributed by atoms with Crippen LogP contribution in [0.3, 0.4) is 0 Å². The molecule has 0 spiro atoms. The lowest BCUT2D eigenvalue weighted by atomic mass is 10.1. The predicted molar refractivity (Wildman–Crippen MR) is 111 cm³/mol. The lowest BCUT2D eigenvalue weighted by Gasteiger charge is -2.30. The van der Waals surface area contributed by atoms with E-state index in [1.165, 1.54) is 11.1 Å². The highest BCUT2D eigenvalue weighted by Gasteiger charge is 2.30. The molecule has 1 unspecified atom stereocenters. The Morgan fingerprint density at radius 1 is 1.11 bits per heavy atom. The fourth-order valence-corrected chi connectivity index (χ4v) is 3.79. The van der Waals surface area contributed by atoms with E-state index >= 15 is 0 Å². The van der Waals surface area contributed by atoms with Crippen molar-refractivity contribution in [3.05, 3.63) is 65.7 Å². The predicted octanol–water partition coefficient (Wildman–Crippen LogP) is 2.52. The average molecular weight is 375 g/mol. The third-order valence-electron chi connectivity index (χ3n) is 5.13. The molecule has 0 bridgehead atoms. The summed E-state index contributed by atoms with van der Waals surface area (Å²) in [6, 6.07) is 17.8. The molecule has 2 amide bonds. The molecule has 0 saturated carbocycles. The summed E-state index contributed by atoms with van der Waals surface area (Å²) in [5, 5.41) is 0. The van der Waals surface area contributed by atoms with Gasteiger partial charge >= 0.3 is 0 Å². The lowest BCUT2D eigenvalue weighted by molar-refractivity contribution is -0.120. The highest BCUT2D eigenvalue weighted by Crippen LogP contribution is 2.35. The number of carbonyl (C=O) groups is 2. The second-order valence-electron chi connectivity index (χ2n) is 6.96. The topological polar surface area (TPSA) is 66.6 Å². The molecular formula is C23H25N3O2. The minimum Gasteiger partial charge on any atom is -0.370 e. The summed E-state index contributed by atoms with van der Waals surface area (Å²) in [5.41, 5.74) is 8.62. The monoisotopic (exact) mass is 375 g/mol. The fourth-order valence-electron chi connectivity index (χ4n) is 3.79. The van der Waals surface area contributed by atoms with Crippen LogP contribution in [-0.4, -0.2) is 36.3 Å². The Kier molecular flexibility index (Phi) is 6.46. The van der Waals surface area contributed by atoms with E-state index in [4.69, 9.17) is 12.2 Å². The number of para-hydroxylation sites is 1. The largest absolute Gasteiger partial charge is 0.370 e. The van der Waals surface area contributed by atoms with Crippen LogP contribution in [0.2, 0.25) is 0 Å². The number of primary amides is 1. The Morgan fingerprint density at radius 2 is 1.82 bits per heavy atom. The molecular weight excluding hydrogens is 350 g/mol. The van der Waals surface area contributed by atoms with Crippen molar-refractivity contribution < 1.29 is 9.59 Å². The van der Waals surface area contributed by atoms with Crippen molar-refractivity contribution in [3.8, 4) is 12.3 Å². The summed E-state index contributed by atoms with van der Waals surface area (Å²) >= 11 is 0. The van der Waals surface area contributed by atoms with Crippen LogP contribution in [-0.2, 0) is 16.0 Å². The Bertz CT molecular complexity index is 873. The molecule has 5 heteroatoms. The minimum absolute atomic E-state index is 0.0907. The van der Waals surface area contributed by atoms with Crippen molar-refractivity contribution in [2.75, 3.05) is 24.5 Å². The van der Waals surface area contributed by atoms with E-state index in [9.17, 15) is 9.59 Å². The Balaban J connectivity index is 1.80. The van der Waals surface area contributed by atoms with E-state index in [1.54, 1.807) is 4.90 Å². The molecule has 0 saturated heterocycles. The van der Waals surface area contributed by atoms with Gasteiger partial charge in [-0.1, -0.05) is 48.4 Å².